The molecule has 180 valence electrons. The zero-order valence-corrected chi connectivity index (χ0v) is 20.2. The van der Waals surface area contributed by atoms with Gasteiger partial charge in [-0.3, -0.25) is 0 Å². The van der Waals surface area contributed by atoms with Gasteiger partial charge in [0.25, 0.3) is 0 Å². The summed E-state index contributed by atoms with van der Waals surface area (Å²) < 4.78 is 33.3. The van der Waals surface area contributed by atoms with Gasteiger partial charge >= 0.3 is 5.97 Å². The molecule has 0 atom stereocenters. The molecule has 36 heavy (non-hydrogen) atoms. The summed E-state index contributed by atoms with van der Waals surface area (Å²) in [5, 5.41) is 4.43. The highest BCUT2D eigenvalue weighted by atomic mass is 32.2. The largest absolute Gasteiger partial charge is 0.465 e. The lowest BCUT2D eigenvalue weighted by atomic mass is 10.1. The molecule has 0 amide bonds. The number of rotatable bonds is 5. The molecule has 0 spiro atoms. The van der Waals surface area contributed by atoms with E-state index in [1.54, 1.807) is 54.6 Å². The first-order chi connectivity index (χ1) is 17.3. The summed E-state index contributed by atoms with van der Waals surface area (Å²) in [4.78, 5) is 20.8. The fourth-order valence-electron chi connectivity index (χ4n) is 3.79. The minimum atomic E-state index is -4.04. The molecule has 5 aromatic rings. The number of aromatic nitrogens is 3. The summed E-state index contributed by atoms with van der Waals surface area (Å²) in [5.41, 5.74) is 9.82. The van der Waals surface area contributed by atoms with E-state index >= 15 is 0 Å². The Morgan fingerprint density at radius 1 is 0.972 bits per heavy atom. The van der Waals surface area contributed by atoms with Gasteiger partial charge in [0, 0.05) is 0 Å². The Labute approximate surface area is 206 Å². The molecule has 10 heteroatoms. The fourth-order valence-corrected chi connectivity index (χ4v) is 5.27. The minimum Gasteiger partial charge on any atom is -0.465 e. The van der Waals surface area contributed by atoms with Gasteiger partial charge < -0.3 is 10.5 Å². The second-order valence-electron chi connectivity index (χ2n) is 8.09. The van der Waals surface area contributed by atoms with Gasteiger partial charge in [-0.05, 0) is 48.9 Å². The quantitative estimate of drug-likeness (QED) is 0.286. The molecule has 2 aromatic heterocycles. The number of esters is 1. The van der Waals surface area contributed by atoms with Crippen molar-refractivity contribution in [3.05, 3.63) is 89.5 Å². The number of nitrogens with zero attached hydrogens (tertiary/aromatic N) is 4. The van der Waals surface area contributed by atoms with Crippen molar-refractivity contribution in [1.82, 2.24) is 14.6 Å². The lowest BCUT2D eigenvalue weighted by Gasteiger charge is -2.05. The molecule has 2 N–H and O–H groups in total. The lowest BCUT2D eigenvalue weighted by Crippen LogP contribution is -2.06. The van der Waals surface area contributed by atoms with Crippen LogP contribution >= 0.6 is 0 Å². The van der Waals surface area contributed by atoms with Crippen LogP contribution in [-0.4, -0.2) is 42.4 Å². The van der Waals surface area contributed by atoms with Crippen molar-refractivity contribution in [3.8, 4) is 0 Å². The van der Waals surface area contributed by atoms with E-state index in [0.29, 0.717) is 22.2 Å². The summed E-state index contributed by atoms with van der Waals surface area (Å²) >= 11 is 0. The third-order valence-electron chi connectivity index (χ3n) is 5.68. The number of sulfone groups is 1. The average Bonchev–Trinajstić information content (AvgIpc) is 3.16. The topological polar surface area (TPSA) is 130 Å². The molecule has 0 aliphatic rings. The molecular weight excluding hydrogens is 478 g/mol. The molecule has 0 fully saturated rings. The molecular formula is C26H21N5O4S. The Morgan fingerprint density at radius 2 is 1.61 bits per heavy atom. The average molecular weight is 500 g/mol. The normalized spacial score (nSPS) is 11.9. The van der Waals surface area contributed by atoms with Crippen molar-refractivity contribution >= 4 is 50.0 Å². The maximum absolute atomic E-state index is 13.7. The molecule has 0 aliphatic heterocycles. The molecule has 5 rings (SSSR count). The smallest absolute Gasteiger partial charge is 0.337 e. The van der Waals surface area contributed by atoms with Gasteiger partial charge in [0.05, 0.1) is 34.8 Å². The number of benzene rings is 3. The van der Waals surface area contributed by atoms with Crippen LogP contribution in [0.25, 0.3) is 22.2 Å². The molecule has 0 saturated carbocycles. The third-order valence-corrected chi connectivity index (χ3v) is 7.52. The number of carbonyl (C=O) groups excluding carboxylic acids is 1. The molecule has 0 saturated heterocycles. The van der Waals surface area contributed by atoms with Crippen LogP contribution in [0.4, 0.5) is 5.82 Å². The number of fused-ring (bicyclic) bond motifs is 2. The zero-order valence-electron chi connectivity index (χ0n) is 19.4. The van der Waals surface area contributed by atoms with Gasteiger partial charge in [-0.1, -0.05) is 42.0 Å². The van der Waals surface area contributed by atoms with Gasteiger partial charge in [0.15, 0.2) is 5.65 Å². The Balaban J connectivity index is 1.70. The van der Waals surface area contributed by atoms with Crippen molar-refractivity contribution in [2.75, 3.05) is 12.8 Å². The maximum atomic E-state index is 13.7. The first-order valence-electron chi connectivity index (χ1n) is 10.9. The SMILES string of the molecule is COC(=O)c1ccc(/C=N\n2c(N)c(S(=O)(=O)c3ccc(C)cc3)c3nc4ccccc4nc32)cc1. The van der Waals surface area contributed by atoms with Crippen LogP contribution in [0.1, 0.15) is 21.5 Å². The van der Waals surface area contributed by atoms with Crippen LogP contribution in [-0.2, 0) is 14.6 Å². The Kier molecular flexibility index (Phi) is 5.73. The van der Waals surface area contributed by atoms with Gasteiger partial charge in [-0.2, -0.15) is 9.78 Å². The molecule has 0 aliphatic carbocycles. The predicted octanol–water partition coefficient (Wildman–Crippen LogP) is 3.98. The molecule has 0 unspecified atom stereocenters. The molecule has 2 heterocycles. The number of carbonyl (C=O) groups is 1. The number of ether oxygens (including phenoxy) is 1. The van der Waals surface area contributed by atoms with E-state index < -0.39 is 15.8 Å². The van der Waals surface area contributed by atoms with Crippen LogP contribution in [0.15, 0.2) is 87.7 Å². The van der Waals surface area contributed by atoms with Crippen LogP contribution in [0.2, 0.25) is 0 Å². The number of para-hydroxylation sites is 2. The van der Waals surface area contributed by atoms with E-state index in [4.69, 9.17) is 10.5 Å². The van der Waals surface area contributed by atoms with Gasteiger partial charge in [-0.25, -0.2) is 23.2 Å². The second kappa shape index (κ2) is 8.90. The maximum Gasteiger partial charge on any atom is 0.337 e. The Hall–Kier alpha value is -4.57. The van der Waals surface area contributed by atoms with Crippen LogP contribution in [0, 0.1) is 6.92 Å². The first-order valence-corrected chi connectivity index (χ1v) is 12.4. The summed E-state index contributed by atoms with van der Waals surface area (Å²) in [5.74, 6) is -0.560. The van der Waals surface area contributed by atoms with Gasteiger partial charge in [0.2, 0.25) is 9.84 Å². The monoisotopic (exact) mass is 499 g/mol. The summed E-state index contributed by atoms with van der Waals surface area (Å²) in [6.45, 7) is 1.88. The van der Waals surface area contributed by atoms with Gasteiger partial charge in [-0.15, -0.1) is 0 Å². The Morgan fingerprint density at radius 3 is 2.25 bits per heavy atom. The number of methoxy groups -OCH3 is 1. The predicted molar refractivity (Wildman–Crippen MR) is 137 cm³/mol. The van der Waals surface area contributed by atoms with E-state index in [-0.39, 0.29) is 26.8 Å². The molecule has 0 bridgehead atoms. The second-order valence-corrected chi connectivity index (χ2v) is 9.97. The van der Waals surface area contributed by atoms with E-state index in [9.17, 15) is 13.2 Å². The van der Waals surface area contributed by atoms with E-state index in [2.05, 4.69) is 15.1 Å². The fraction of sp³-hybridized carbons (Fsp3) is 0.0769. The highest BCUT2D eigenvalue weighted by molar-refractivity contribution is 7.92. The third kappa shape index (κ3) is 3.97. The van der Waals surface area contributed by atoms with E-state index in [1.807, 2.05) is 13.0 Å². The van der Waals surface area contributed by atoms with Crippen LogP contribution < -0.4 is 5.73 Å². The van der Waals surface area contributed by atoms with Crippen molar-refractivity contribution < 1.29 is 17.9 Å². The number of nitrogens with two attached hydrogens (primary N) is 1. The first kappa shape index (κ1) is 23.2. The summed E-state index contributed by atoms with van der Waals surface area (Å²) in [6, 6.07) is 20.2. The molecule has 9 nitrogen and oxygen atoms in total. The van der Waals surface area contributed by atoms with Crippen molar-refractivity contribution in [2.45, 2.75) is 16.7 Å². The van der Waals surface area contributed by atoms with Crippen LogP contribution in [0.3, 0.4) is 0 Å². The standard InChI is InChI=1S/C26H21N5O4S/c1-16-7-13-19(14-8-16)36(33,34)23-22-25(30-21-6-4-3-5-20(21)29-22)31(24(23)27)28-15-17-9-11-18(12-10-17)26(32)35-2/h3-15H,27H2,1-2H3/b28-15-. The number of nitrogen functional groups attached to an aromatic ring is 1. The highest BCUT2D eigenvalue weighted by Crippen LogP contribution is 2.35. The molecule has 3 aromatic carbocycles. The lowest BCUT2D eigenvalue weighted by molar-refractivity contribution is 0.0600. The number of aryl methyl sites for hydroxylation is 1. The van der Waals surface area contributed by atoms with Crippen LogP contribution in [0.5, 0.6) is 0 Å². The van der Waals surface area contributed by atoms with Gasteiger partial charge in [0.1, 0.15) is 16.2 Å². The van der Waals surface area contributed by atoms with Crippen molar-refractivity contribution in [1.29, 1.82) is 0 Å². The summed E-state index contributed by atoms with van der Waals surface area (Å²) in [7, 11) is -2.73. The Bertz CT molecular complexity index is 1760. The minimum absolute atomic E-state index is 0.0937. The van der Waals surface area contributed by atoms with Crippen molar-refractivity contribution in [3.63, 3.8) is 0 Å². The van der Waals surface area contributed by atoms with E-state index in [0.717, 1.165) is 5.56 Å². The molecule has 0 radical (unpaired) electrons. The number of hydrogen-bond acceptors (Lipinski definition) is 8. The zero-order chi connectivity index (χ0) is 25.4. The number of anilines is 1. The van der Waals surface area contributed by atoms with Crippen molar-refractivity contribution in [2.24, 2.45) is 5.10 Å². The van der Waals surface area contributed by atoms with E-state index in [1.165, 1.54) is 30.1 Å². The summed E-state index contributed by atoms with van der Waals surface area (Å²) in [6.07, 6.45) is 1.50. The highest BCUT2D eigenvalue weighted by Gasteiger charge is 2.30. The number of hydrogen-bond donors (Lipinski definition) is 1.